The summed E-state index contributed by atoms with van der Waals surface area (Å²) < 4.78 is 17.6. The summed E-state index contributed by atoms with van der Waals surface area (Å²) in [5.41, 5.74) is 1.63. The molecule has 3 atom stereocenters. The Morgan fingerprint density at radius 3 is 2.44 bits per heavy atom. The van der Waals surface area contributed by atoms with Gasteiger partial charge in [0.1, 0.15) is 11.0 Å². The minimum absolute atomic E-state index is 0.0513. The first-order valence-electron chi connectivity index (χ1n) is 10.4. The number of aliphatic carboxylic acids is 1. The predicted molar refractivity (Wildman–Crippen MR) is 132 cm³/mol. The van der Waals surface area contributed by atoms with Gasteiger partial charge in [0.15, 0.2) is 0 Å². The van der Waals surface area contributed by atoms with Gasteiger partial charge in [-0.15, -0.1) is 22.7 Å². The van der Waals surface area contributed by atoms with Crippen LogP contribution in [0.3, 0.4) is 0 Å². The lowest BCUT2D eigenvalue weighted by atomic mass is 10.0. The van der Waals surface area contributed by atoms with E-state index in [-0.39, 0.29) is 13.0 Å². The molecule has 1 amide bonds. The molecule has 0 saturated carbocycles. The molecule has 0 bridgehead atoms. The number of carbonyl (C=O) groups excluding carboxylic acids is 1. The van der Waals surface area contributed by atoms with E-state index < -0.39 is 37.6 Å². The molecule has 1 unspecified atom stereocenters. The summed E-state index contributed by atoms with van der Waals surface area (Å²) in [5.74, 6) is -2.31. The number of rotatable bonds is 12. The van der Waals surface area contributed by atoms with Crippen molar-refractivity contribution >= 4 is 42.3 Å². The standard InChI is InChI=1S/C22H26N3O6PS2/c1-14(2)19(25-32(29,30)31-13-17-4-3-10-33-17)20(26)24-18(22(27)28)12-15-5-7-16(8-6-15)21-23-9-11-34-21/h3-11,14,18-19H,12-13H2,1-2H3,(H,24,26)(H,27,28)(H2,25,29,30)/t18-,19-/m0/s1. The van der Waals surface area contributed by atoms with Crippen LogP contribution in [0.1, 0.15) is 24.3 Å². The van der Waals surface area contributed by atoms with Gasteiger partial charge in [0, 0.05) is 28.4 Å². The monoisotopic (exact) mass is 523 g/mol. The quantitative estimate of drug-likeness (QED) is 0.262. The number of nitrogens with zero attached hydrogens (tertiary/aromatic N) is 1. The zero-order valence-corrected chi connectivity index (χ0v) is 21.1. The number of amides is 1. The SMILES string of the molecule is CC(C)[C@H](NP(=O)(O)OCc1cccs1)C(=O)N[C@@H](Cc1ccc(-c2nccs2)cc1)C(=O)O. The number of benzene rings is 1. The lowest BCUT2D eigenvalue weighted by Crippen LogP contribution is -2.52. The van der Waals surface area contributed by atoms with Gasteiger partial charge in [-0.05, 0) is 22.9 Å². The lowest BCUT2D eigenvalue weighted by molar-refractivity contribution is -0.142. The van der Waals surface area contributed by atoms with E-state index in [4.69, 9.17) is 4.52 Å². The maximum Gasteiger partial charge on any atom is 0.403 e. The first kappa shape index (κ1) is 26.2. The van der Waals surface area contributed by atoms with Gasteiger partial charge in [0.25, 0.3) is 0 Å². The number of carboxylic acids is 1. The highest BCUT2D eigenvalue weighted by atomic mass is 32.1. The summed E-state index contributed by atoms with van der Waals surface area (Å²) in [7, 11) is -4.32. The van der Waals surface area contributed by atoms with Crippen LogP contribution in [0.2, 0.25) is 0 Å². The lowest BCUT2D eigenvalue weighted by Gasteiger charge is -2.26. The van der Waals surface area contributed by atoms with Crippen molar-refractivity contribution in [1.29, 1.82) is 0 Å². The number of hydrogen-bond acceptors (Lipinski definition) is 7. The number of hydrogen-bond donors (Lipinski definition) is 4. The van der Waals surface area contributed by atoms with Crippen molar-refractivity contribution in [1.82, 2.24) is 15.4 Å². The third-order valence-electron chi connectivity index (χ3n) is 4.90. The smallest absolute Gasteiger partial charge is 0.403 e. The normalized spacial score (nSPS) is 14.9. The third-order valence-corrected chi connectivity index (χ3v) is 7.66. The molecular formula is C22H26N3O6PS2. The van der Waals surface area contributed by atoms with Crippen LogP contribution in [0.15, 0.2) is 53.4 Å². The van der Waals surface area contributed by atoms with Gasteiger partial charge < -0.3 is 15.3 Å². The molecule has 182 valence electrons. The molecule has 9 nitrogen and oxygen atoms in total. The first-order valence-corrected chi connectivity index (χ1v) is 13.8. The van der Waals surface area contributed by atoms with Crippen molar-refractivity contribution in [2.45, 2.75) is 39.0 Å². The van der Waals surface area contributed by atoms with E-state index in [1.54, 1.807) is 44.3 Å². The Morgan fingerprint density at radius 2 is 1.88 bits per heavy atom. The molecule has 0 aliphatic carbocycles. The average molecular weight is 524 g/mol. The maximum absolute atomic E-state index is 12.9. The summed E-state index contributed by atoms with van der Waals surface area (Å²) in [6, 6.07) is 8.48. The molecule has 0 saturated heterocycles. The van der Waals surface area contributed by atoms with Crippen LogP contribution in [0.4, 0.5) is 0 Å². The fraction of sp³-hybridized carbons (Fsp3) is 0.318. The number of nitrogens with one attached hydrogen (secondary N) is 2. The Balaban J connectivity index is 1.63. The molecule has 2 heterocycles. The van der Waals surface area contributed by atoms with Crippen LogP contribution in [-0.4, -0.2) is 38.9 Å². The Morgan fingerprint density at radius 1 is 1.15 bits per heavy atom. The number of thiophene rings is 1. The molecule has 3 aromatic rings. The second kappa shape index (κ2) is 11.8. The van der Waals surface area contributed by atoms with Crippen LogP contribution in [0.25, 0.3) is 10.6 Å². The number of thiazole rings is 1. The van der Waals surface area contributed by atoms with E-state index in [0.717, 1.165) is 15.4 Å². The van der Waals surface area contributed by atoms with Gasteiger partial charge in [-0.25, -0.2) is 19.4 Å². The Labute approximate surface area is 205 Å². The van der Waals surface area contributed by atoms with Gasteiger partial charge in [-0.2, -0.15) is 0 Å². The maximum atomic E-state index is 12.9. The minimum Gasteiger partial charge on any atom is -0.480 e. The highest BCUT2D eigenvalue weighted by molar-refractivity contribution is 7.50. The molecule has 4 N–H and O–H groups in total. The fourth-order valence-electron chi connectivity index (χ4n) is 3.12. The molecule has 1 aromatic carbocycles. The minimum atomic E-state index is -4.32. The van der Waals surface area contributed by atoms with Crippen molar-refractivity contribution < 1.29 is 28.7 Å². The summed E-state index contributed by atoms with van der Waals surface area (Å²) in [5, 5.41) is 19.1. The van der Waals surface area contributed by atoms with Gasteiger partial charge >= 0.3 is 13.7 Å². The van der Waals surface area contributed by atoms with Crippen molar-refractivity contribution in [3.8, 4) is 10.6 Å². The zero-order valence-electron chi connectivity index (χ0n) is 18.6. The molecule has 0 radical (unpaired) electrons. The highest BCUT2D eigenvalue weighted by Crippen LogP contribution is 2.39. The highest BCUT2D eigenvalue weighted by Gasteiger charge is 2.33. The van der Waals surface area contributed by atoms with Crippen LogP contribution in [0, 0.1) is 5.92 Å². The summed E-state index contributed by atoms with van der Waals surface area (Å²) in [6.45, 7) is 3.28. The Kier molecular flexibility index (Phi) is 9.12. The van der Waals surface area contributed by atoms with E-state index in [0.29, 0.717) is 5.56 Å². The topological polar surface area (TPSA) is 138 Å². The van der Waals surface area contributed by atoms with Crippen molar-refractivity contribution in [2.24, 2.45) is 5.92 Å². The van der Waals surface area contributed by atoms with Gasteiger partial charge in [-0.1, -0.05) is 44.2 Å². The third kappa shape index (κ3) is 7.56. The van der Waals surface area contributed by atoms with Gasteiger partial charge in [-0.3, -0.25) is 9.32 Å². The predicted octanol–water partition coefficient (Wildman–Crippen LogP) is 3.91. The van der Waals surface area contributed by atoms with Gasteiger partial charge in [0.05, 0.1) is 12.6 Å². The van der Waals surface area contributed by atoms with Crippen LogP contribution < -0.4 is 10.4 Å². The number of carbonyl (C=O) groups is 2. The van der Waals surface area contributed by atoms with E-state index in [1.807, 2.05) is 22.9 Å². The van der Waals surface area contributed by atoms with E-state index in [9.17, 15) is 24.2 Å². The molecule has 0 fully saturated rings. The molecular weight excluding hydrogens is 497 g/mol. The van der Waals surface area contributed by atoms with Crippen LogP contribution >= 0.6 is 30.4 Å². The van der Waals surface area contributed by atoms with E-state index in [1.165, 1.54) is 22.7 Å². The Bertz CT molecular complexity index is 1120. The fourth-order valence-corrected chi connectivity index (χ4v) is 5.62. The largest absolute Gasteiger partial charge is 0.480 e. The van der Waals surface area contributed by atoms with Crippen LogP contribution in [-0.2, 0) is 31.7 Å². The van der Waals surface area contributed by atoms with E-state index in [2.05, 4.69) is 15.4 Å². The molecule has 2 aromatic heterocycles. The molecule has 0 spiro atoms. The second-order valence-electron chi connectivity index (χ2n) is 7.86. The summed E-state index contributed by atoms with van der Waals surface area (Å²) in [4.78, 5) is 39.9. The molecule has 0 aliphatic heterocycles. The molecule has 0 aliphatic rings. The number of carboxylic acid groups (broad SMARTS) is 1. The summed E-state index contributed by atoms with van der Waals surface area (Å²) >= 11 is 2.87. The average Bonchev–Trinajstić information content (AvgIpc) is 3.50. The molecule has 34 heavy (non-hydrogen) atoms. The van der Waals surface area contributed by atoms with Crippen molar-refractivity contribution in [2.75, 3.05) is 0 Å². The van der Waals surface area contributed by atoms with Crippen molar-refractivity contribution in [3.63, 3.8) is 0 Å². The van der Waals surface area contributed by atoms with Gasteiger partial charge in [0.2, 0.25) is 5.91 Å². The first-order chi connectivity index (χ1) is 16.1. The Hall–Kier alpha value is -2.40. The van der Waals surface area contributed by atoms with Crippen LogP contribution in [0.5, 0.6) is 0 Å². The van der Waals surface area contributed by atoms with E-state index >= 15 is 0 Å². The summed E-state index contributed by atoms with van der Waals surface area (Å²) in [6.07, 6.45) is 1.76. The molecule has 12 heteroatoms. The number of aromatic nitrogens is 1. The zero-order chi connectivity index (χ0) is 24.7. The second-order valence-corrected chi connectivity index (χ2v) is 11.3. The van der Waals surface area contributed by atoms with Crippen molar-refractivity contribution in [3.05, 3.63) is 63.8 Å². The molecule has 3 rings (SSSR count).